The molecule has 5 aromatic carbocycles. The standard InChI is InChI=1S/C42H36N2/c1-3-29(40-19-11-12-28(2)44-40)24-35(27-43)32-22-20-30-21-23-33(26-34(30)25-32)42-38-17-9-7-15-36(38)41(31-13-5-4-6-14-31)37-16-8-10-18-39(37)42/h4-7,9-15,17-27H,3,8,16,43H2,1-2H3/b29-24+,35-27+. The van der Waals surface area contributed by atoms with Crippen molar-refractivity contribution in [2.45, 2.75) is 33.1 Å². The summed E-state index contributed by atoms with van der Waals surface area (Å²) in [7, 11) is 0. The average molecular weight is 569 g/mol. The van der Waals surface area contributed by atoms with Crippen LogP contribution in [0.5, 0.6) is 0 Å². The van der Waals surface area contributed by atoms with Gasteiger partial charge in [-0.3, -0.25) is 4.98 Å². The molecule has 0 atom stereocenters. The Morgan fingerprint density at radius 1 is 0.773 bits per heavy atom. The molecule has 1 aromatic heterocycles. The normalized spacial score (nSPS) is 13.4. The third-order valence-electron chi connectivity index (χ3n) is 8.84. The summed E-state index contributed by atoms with van der Waals surface area (Å²) in [6.07, 6.45) is 11.5. The minimum absolute atomic E-state index is 0.871. The molecule has 0 bridgehead atoms. The van der Waals surface area contributed by atoms with Gasteiger partial charge in [0.2, 0.25) is 0 Å². The quantitative estimate of drug-likeness (QED) is 0.203. The van der Waals surface area contributed by atoms with Gasteiger partial charge in [-0.25, -0.2) is 0 Å². The van der Waals surface area contributed by atoms with E-state index in [1.54, 1.807) is 6.20 Å². The molecule has 1 aliphatic carbocycles. The van der Waals surface area contributed by atoms with Crippen molar-refractivity contribution in [3.8, 4) is 22.3 Å². The first-order valence-corrected chi connectivity index (χ1v) is 15.5. The maximum atomic E-state index is 6.25. The number of nitrogens with two attached hydrogens (primary N) is 1. The third kappa shape index (κ3) is 5.03. The molecule has 0 unspecified atom stereocenters. The number of pyridine rings is 1. The number of aryl methyl sites for hydroxylation is 1. The predicted octanol–water partition coefficient (Wildman–Crippen LogP) is 10.8. The van der Waals surface area contributed by atoms with Gasteiger partial charge < -0.3 is 5.73 Å². The molecular formula is C42H36N2. The third-order valence-corrected chi connectivity index (χ3v) is 8.84. The molecule has 0 saturated carbocycles. The maximum Gasteiger partial charge on any atom is 0.0664 e. The summed E-state index contributed by atoms with van der Waals surface area (Å²) in [4.78, 5) is 4.76. The van der Waals surface area contributed by atoms with Gasteiger partial charge in [-0.2, -0.15) is 0 Å². The number of nitrogens with zero attached hydrogens (tertiary/aromatic N) is 1. The zero-order valence-corrected chi connectivity index (χ0v) is 25.3. The molecule has 2 N–H and O–H groups in total. The molecule has 0 fully saturated rings. The van der Waals surface area contributed by atoms with Crippen LogP contribution in [-0.2, 0) is 6.42 Å². The van der Waals surface area contributed by atoms with Crippen LogP contribution in [-0.4, -0.2) is 4.98 Å². The Morgan fingerprint density at radius 2 is 1.55 bits per heavy atom. The highest BCUT2D eigenvalue weighted by Gasteiger charge is 2.21. The summed E-state index contributed by atoms with van der Waals surface area (Å²) >= 11 is 0. The molecule has 0 spiro atoms. The predicted molar refractivity (Wildman–Crippen MR) is 189 cm³/mol. The van der Waals surface area contributed by atoms with Crippen LogP contribution < -0.4 is 5.73 Å². The van der Waals surface area contributed by atoms with Crippen molar-refractivity contribution in [1.29, 1.82) is 0 Å². The number of benzene rings is 5. The van der Waals surface area contributed by atoms with Gasteiger partial charge in [-0.05, 0) is 128 Å². The highest BCUT2D eigenvalue weighted by Crippen LogP contribution is 2.45. The number of hydrogen-bond donors (Lipinski definition) is 1. The molecule has 44 heavy (non-hydrogen) atoms. The van der Waals surface area contributed by atoms with Crippen molar-refractivity contribution in [2.24, 2.45) is 5.73 Å². The lowest BCUT2D eigenvalue weighted by Gasteiger charge is -2.24. The molecule has 2 heteroatoms. The van der Waals surface area contributed by atoms with E-state index in [0.717, 1.165) is 41.8 Å². The molecule has 2 nitrogen and oxygen atoms in total. The van der Waals surface area contributed by atoms with Crippen LogP contribution in [0.25, 0.3) is 61.0 Å². The second kappa shape index (κ2) is 11.8. The smallest absolute Gasteiger partial charge is 0.0664 e. The van der Waals surface area contributed by atoms with Crippen molar-refractivity contribution < 1.29 is 0 Å². The zero-order chi connectivity index (χ0) is 30.0. The number of rotatable bonds is 6. The first kappa shape index (κ1) is 27.6. The van der Waals surface area contributed by atoms with Crippen LogP contribution in [0.3, 0.4) is 0 Å². The fraction of sp³-hybridized carbons (Fsp3) is 0.119. The lowest BCUT2D eigenvalue weighted by atomic mass is 9.80. The van der Waals surface area contributed by atoms with Gasteiger partial charge in [-0.15, -0.1) is 0 Å². The highest BCUT2D eigenvalue weighted by molar-refractivity contribution is 6.10. The van der Waals surface area contributed by atoms with Gasteiger partial charge in [0, 0.05) is 11.9 Å². The van der Waals surface area contributed by atoms with E-state index < -0.39 is 0 Å². The number of allylic oxidation sites excluding steroid dienone is 4. The number of fused-ring (bicyclic) bond motifs is 3. The Labute approximate surface area is 259 Å². The van der Waals surface area contributed by atoms with Crippen LogP contribution >= 0.6 is 0 Å². The van der Waals surface area contributed by atoms with Crippen LogP contribution in [0.2, 0.25) is 0 Å². The Balaban J connectivity index is 1.39. The van der Waals surface area contributed by atoms with Gasteiger partial charge in [0.05, 0.1) is 5.69 Å². The summed E-state index contributed by atoms with van der Waals surface area (Å²) in [6.45, 7) is 4.20. The van der Waals surface area contributed by atoms with Gasteiger partial charge >= 0.3 is 0 Å². The lowest BCUT2D eigenvalue weighted by molar-refractivity contribution is 0.991. The number of hydrogen-bond acceptors (Lipinski definition) is 2. The summed E-state index contributed by atoms with van der Waals surface area (Å²) in [6, 6.07) is 39.5. The van der Waals surface area contributed by atoms with E-state index in [1.165, 1.54) is 60.5 Å². The summed E-state index contributed by atoms with van der Waals surface area (Å²) < 4.78 is 0. The number of aromatic nitrogens is 1. The summed E-state index contributed by atoms with van der Waals surface area (Å²) in [5.74, 6) is 0. The summed E-state index contributed by atoms with van der Waals surface area (Å²) in [5.41, 5.74) is 19.5. The van der Waals surface area contributed by atoms with Gasteiger partial charge in [0.1, 0.15) is 0 Å². The Kier molecular flexibility index (Phi) is 7.42. The first-order valence-electron chi connectivity index (χ1n) is 15.5. The Hall–Kier alpha value is -5.21. The molecule has 7 rings (SSSR count). The zero-order valence-electron chi connectivity index (χ0n) is 25.3. The van der Waals surface area contributed by atoms with Gasteiger partial charge in [0.15, 0.2) is 0 Å². The lowest BCUT2D eigenvalue weighted by Crippen LogP contribution is -2.02. The van der Waals surface area contributed by atoms with E-state index in [9.17, 15) is 0 Å². The van der Waals surface area contributed by atoms with Crippen LogP contribution in [0, 0.1) is 6.92 Å². The topological polar surface area (TPSA) is 38.9 Å². The van der Waals surface area contributed by atoms with Crippen LogP contribution in [0.15, 0.2) is 128 Å². The fourth-order valence-corrected chi connectivity index (χ4v) is 6.71. The minimum Gasteiger partial charge on any atom is -0.404 e. The van der Waals surface area contributed by atoms with E-state index in [2.05, 4.69) is 128 Å². The molecule has 0 saturated heterocycles. The molecule has 0 radical (unpaired) electrons. The minimum atomic E-state index is 0.871. The summed E-state index contributed by atoms with van der Waals surface area (Å²) in [5, 5.41) is 5.01. The van der Waals surface area contributed by atoms with Crippen molar-refractivity contribution in [1.82, 2.24) is 4.98 Å². The van der Waals surface area contributed by atoms with Crippen LogP contribution in [0.4, 0.5) is 0 Å². The largest absolute Gasteiger partial charge is 0.404 e. The molecule has 214 valence electrons. The molecule has 0 amide bonds. The molecular weight excluding hydrogens is 532 g/mol. The van der Waals surface area contributed by atoms with Crippen molar-refractivity contribution in [2.75, 3.05) is 0 Å². The molecule has 1 heterocycles. The van der Waals surface area contributed by atoms with E-state index in [1.807, 2.05) is 13.0 Å². The molecule has 6 aromatic rings. The van der Waals surface area contributed by atoms with Crippen molar-refractivity contribution in [3.05, 3.63) is 156 Å². The van der Waals surface area contributed by atoms with Crippen molar-refractivity contribution in [3.63, 3.8) is 0 Å². The molecule has 1 aliphatic rings. The van der Waals surface area contributed by atoms with E-state index >= 15 is 0 Å². The Bertz CT molecular complexity index is 2110. The fourth-order valence-electron chi connectivity index (χ4n) is 6.71. The van der Waals surface area contributed by atoms with Crippen molar-refractivity contribution >= 4 is 38.8 Å². The van der Waals surface area contributed by atoms with Crippen LogP contribution in [0.1, 0.15) is 47.8 Å². The second-order valence-electron chi connectivity index (χ2n) is 11.6. The monoisotopic (exact) mass is 568 g/mol. The highest BCUT2D eigenvalue weighted by atomic mass is 14.7. The average Bonchev–Trinajstić information content (AvgIpc) is 3.07. The van der Waals surface area contributed by atoms with E-state index in [-0.39, 0.29) is 0 Å². The van der Waals surface area contributed by atoms with Gasteiger partial charge in [0.25, 0.3) is 0 Å². The van der Waals surface area contributed by atoms with E-state index in [0.29, 0.717) is 0 Å². The maximum absolute atomic E-state index is 6.25. The van der Waals surface area contributed by atoms with E-state index in [4.69, 9.17) is 10.7 Å². The Morgan fingerprint density at radius 3 is 2.32 bits per heavy atom. The second-order valence-corrected chi connectivity index (χ2v) is 11.6. The first-order chi connectivity index (χ1) is 21.6. The van der Waals surface area contributed by atoms with Gasteiger partial charge in [-0.1, -0.05) is 104 Å². The SMILES string of the molecule is CC/C(=C\C(=C/N)c1ccc2ccc(-c3c4c(c(-c5ccccc5)c5ccccc35)CCC=C4)cc2c1)c1cccc(C)n1. The molecule has 0 aliphatic heterocycles.